The van der Waals surface area contributed by atoms with Crippen molar-refractivity contribution in [2.75, 3.05) is 0 Å². The van der Waals surface area contributed by atoms with E-state index in [1.165, 1.54) is 0 Å². The van der Waals surface area contributed by atoms with E-state index in [4.69, 9.17) is 5.73 Å². The lowest BCUT2D eigenvalue weighted by Gasteiger charge is -2.07. The number of halogens is 1. The molecule has 0 saturated carbocycles. The van der Waals surface area contributed by atoms with Gasteiger partial charge >= 0.3 is 0 Å². The minimum atomic E-state index is 0.397. The molecule has 0 radical (unpaired) electrons. The summed E-state index contributed by atoms with van der Waals surface area (Å²) in [5.41, 5.74) is 7.34. The normalized spacial score (nSPS) is 11.0. The molecule has 4 nitrogen and oxygen atoms in total. The predicted molar refractivity (Wildman–Crippen MR) is 74.5 cm³/mol. The summed E-state index contributed by atoms with van der Waals surface area (Å²) in [5.74, 6) is 0. The fraction of sp³-hybridized carbons (Fsp3) is 0.0769. The zero-order valence-corrected chi connectivity index (χ0v) is 11.1. The number of nitrogens with zero attached hydrogens (tertiary/aromatic N) is 3. The van der Waals surface area contributed by atoms with Crippen LogP contribution in [0.2, 0.25) is 0 Å². The second-order valence-electron chi connectivity index (χ2n) is 3.97. The third-order valence-electron chi connectivity index (χ3n) is 2.84. The minimum Gasteiger partial charge on any atom is -0.325 e. The van der Waals surface area contributed by atoms with Crippen molar-refractivity contribution in [1.82, 2.24) is 15.0 Å². The van der Waals surface area contributed by atoms with Crippen LogP contribution in [0.3, 0.4) is 0 Å². The second kappa shape index (κ2) is 4.51. The average Bonchev–Trinajstić information content (AvgIpc) is 2.88. The van der Waals surface area contributed by atoms with E-state index in [2.05, 4.69) is 38.4 Å². The van der Waals surface area contributed by atoms with Crippen LogP contribution >= 0.6 is 15.9 Å². The molecule has 1 aromatic heterocycles. The molecular weight excluding hydrogens is 292 g/mol. The Morgan fingerprint density at radius 3 is 2.61 bits per heavy atom. The lowest BCUT2D eigenvalue weighted by atomic mass is 10.1. The van der Waals surface area contributed by atoms with Crippen molar-refractivity contribution in [2.24, 2.45) is 5.73 Å². The molecule has 3 rings (SSSR count). The highest BCUT2D eigenvalue weighted by Crippen LogP contribution is 2.28. The zero-order chi connectivity index (χ0) is 12.5. The molecule has 5 heteroatoms. The van der Waals surface area contributed by atoms with Crippen molar-refractivity contribution in [2.45, 2.75) is 6.54 Å². The maximum Gasteiger partial charge on any atom is 0.0967 e. The third-order valence-corrected chi connectivity index (χ3v) is 3.54. The van der Waals surface area contributed by atoms with Crippen LogP contribution in [0.15, 0.2) is 47.1 Å². The Labute approximate surface area is 113 Å². The lowest BCUT2D eigenvalue weighted by molar-refractivity contribution is 0.801. The van der Waals surface area contributed by atoms with Gasteiger partial charge in [0.2, 0.25) is 0 Å². The summed E-state index contributed by atoms with van der Waals surface area (Å²) in [7, 11) is 0. The van der Waals surface area contributed by atoms with Gasteiger partial charge < -0.3 is 5.73 Å². The predicted octanol–water partition coefficient (Wildman–Crippen LogP) is 2.64. The van der Waals surface area contributed by atoms with Gasteiger partial charge in [-0.25, -0.2) is 4.68 Å². The summed E-state index contributed by atoms with van der Waals surface area (Å²) in [6.45, 7) is 0.397. The molecule has 18 heavy (non-hydrogen) atoms. The van der Waals surface area contributed by atoms with Gasteiger partial charge in [0.05, 0.1) is 17.6 Å². The number of hydrogen-bond acceptors (Lipinski definition) is 3. The molecular formula is C13H11BrN4. The van der Waals surface area contributed by atoms with E-state index in [-0.39, 0.29) is 0 Å². The van der Waals surface area contributed by atoms with Crippen molar-refractivity contribution >= 4 is 26.7 Å². The fourth-order valence-electron chi connectivity index (χ4n) is 1.96. The minimum absolute atomic E-state index is 0.397. The topological polar surface area (TPSA) is 56.7 Å². The van der Waals surface area contributed by atoms with Crippen molar-refractivity contribution in [3.63, 3.8) is 0 Å². The first-order chi connectivity index (χ1) is 8.79. The van der Waals surface area contributed by atoms with E-state index in [0.29, 0.717) is 6.54 Å². The number of rotatable bonds is 2. The fourth-order valence-corrected chi connectivity index (χ4v) is 2.43. The SMILES string of the molecule is NCc1cn(-c2ccc(Br)c3ccccc23)nn1. The van der Waals surface area contributed by atoms with Crippen molar-refractivity contribution < 1.29 is 0 Å². The van der Waals surface area contributed by atoms with Crippen LogP contribution in [0.1, 0.15) is 5.69 Å². The number of fused-ring (bicyclic) bond motifs is 1. The van der Waals surface area contributed by atoms with Crippen LogP contribution in [-0.4, -0.2) is 15.0 Å². The summed E-state index contributed by atoms with van der Waals surface area (Å²) >= 11 is 3.56. The molecule has 1 heterocycles. The maximum absolute atomic E-state index is 5.55. The number of aromatic nitrogens is 3. The van der Waals surface area contributed by atoms with E-state index in [9.17, 15) is 0 Å². The van der Waals surface area contributed by atoms with Gasteiger partial charge in [0.25, 0.3) is 0 Å². The Morgan fingerprint density at radius 1 is 1.11 bits per heavy atom. The average molecular weight is 303 g/mol. The molecule has 90 valence electrons. The van der Waals surface area contributed by atoms with Gasteiger partial charge in [-0.05, 0) is 17.5 Å². The quantitative estimate of drug-likeness (QED) is 0.792. The van der Waals surface area contributed by atoms with Crippen LogP contribution in [0.5, 0.6) is 0 Å². The van der Waals surface area contributed by atoms with Gasteiger partial charge in [0.15, 0.2) is 0 Å². The molecule has 0 spiro atoms. The van der Waals surface area contributed by atoms with Gasteiger partial charge in [0, 0.05) is 16.4 Å². The van der Waals surface area contributed by atoms with E-state index >= 15 is 0 Å². The molecule has 0 unspecified atom stereocenters. The Kier molecular flexibility index (Phi) is 2.85. The Bertz CT molecular complexity index is 705. The van der Waals surface area contributed by atoms with Crippen LogP contribution in [0, 0.1) is 0 Å². The molecule has 0 atom stereocenters. The molecule has 0 fully saturated rings. The Balaban J connectivity index is 2.26. The molecule has 2 N–H and O–H groups in total. The van der Waals surface area contributed by atoms with Crippen LogP contribution in [0.25, 0.3) is 16.5 Å². The van der Waals surface area contributed by atoms with Gasteiger partial charge in [0.1, 0.15) is 0 Å². The summed E-state index contributed by atoms with van der Waals surface area (Å²) in [5, 5.41) is 10.4. The van der Waals surface area contributed by atoms with Crippen LogP contribution in [0.4, 0.5) is 0 Å². The van der Waals surface area contributed by atoms with E-state index in [1.54, 1.807) is 4.68 Å². The summed E-state index contributed by atoms with van der Waals surface area (Å²) < 4.78 is 2.83. The molecule has 2 aromatic carbocycles. The summed E-state index contributed by atoms with van der Waals surface area (Å²) in [6, 6.07) is 12.2. The standard InChI is InChI=1S/C13H11BrN4/c14-12-5-6-13(11-4-2-1-3-10(11)12)18-8-9(7-15)16-17-18/h1-6,8H,7,15H2. The van der Waals surface area contributed by atoms with Gasteiger partial charge in [-0.2, -0.15) is 0 Å². The lowest BCUT2D eigenvalue weighted by Crippen LogP contribution is -1.97. The smallest absolute Gasteiger partial charge is 0.0967 e. The molecule has 0 aliphatic heterocycles. The van der Waals surface area contributed by atoms with Crippen LogP contribution in [-0.2, 0) is 6.54 Å². The second-order valence-corrected chi connectivity index (χ2v) is 4.83. The highest BCUT2D eigenvalue weighted by atomic mass is 79.9. The molecule has 0 aliphatic carbocycles. The number of benzene rings is 2. The first-order valence-electron chi connectivity index (χ1n) is 5.58. The molecule has 0 aliphatic rings. The van der Waals surface area contributed by atoms with E-state index in [0.717, 1.165) is 26.6 Å². The first kappa shape index (κ1) is 11.4. The third kappa shape index (κ3) is 1.81. The highest BCUT2D eigenvalue weighted by Gasteiger charge is 2.07. The monoisotopic (exact) mass is 302 g/mol. The van der Waals surface area contributed by atoms with Gasteiger partial charge in [-0.1, -0.05) is 45.4 Å². The van der Waals surface area contributed by atoms with Crippen LogP contribution < -0.4 is 5.73 Å². The van der Waals surface area contributed by atoms with Gasteiger partial charge in [-0.15, -0.1) is 5.10 Å². The number of nitrogens with two attached hydrogens (primary N) is 1. The van der Waals surface area contributed by atoms with E-state index in [1.807, 2.05) is 30.5 Å². The number of hydrogen-bond donors (Lipinski definition) is 1. The molecule has 3 aromatic rings. The molecule has 0 bridgehead atoms. The van der Waals surface area contributed by atoms with Crippen molar-refractivity contribution in [3.05, 3.63) is 52.8 Å². The van der Waals surface area contributed by atoms with E-state index < -0.39 is 0 Å². The summed E-state index contributed by atoms with van der Waals surface area (Å²) in [6.07, 6.45) is 1.86. The Morgan fingerprint density at radius 2 is 1.89 bits per heavy atom. The highest BCUT2D eigenvalue weighted by molar-refractivity contribution is 9.10. The van der Waals surface area contributed by atoms with Crippen molar-refractivity contribution in [3.8, 4) is 5.69 Å². The first-order valence-corrected chi connectivity index (χ1v) is 6.38. The Hall–Kier alpha value is -1.72. The van der Waals surface area contributed by atoms with Gasteiger partial charge in [-0.3, -0.25) is 0 Å². The maximum atomic E-state index is 5.55. The molecule has 0 amide bonds. The summed E-state index contributed by atoms with van der Waals surface area (Å²) in [4.78, 5) is 0. The zero-order valence-electron chi connectivity index (χ0n) is 9.55. The van der Waals surface area contributed by atoms with Crippen molar-refractivity contribution in [1.29, 1.82) is 0 Å². The largest absolute Gasteiger partial charge is 0.325 e. The molecule has 0 saturated heterocycles.